The number of thiophene rings is 1. The van der Waals surface area contributed by atoms with Gasteiger partial charge in [-0.1, -0.05) is 17.7 Å². The number of hydrogen-bond acceptors (Lipinski definition) is 9. The van der Waals surface area contributed by atoms with Gasteiger partial charge >= 0.3 is 10.3 Å². The Labute approximate surface area is 224 Å². The monoisotopic (exact) mass is 562 g/mol. The van der Waals surface area contributed by atoms with Crippen LogP contribution in [0.3, 0.4) is 0 Å². The van der Waals surface area contributed by atoms with Gasteiger partial charge in [0.05, 0.1) is 23.2 Å². The third-order valence-corrected chi connectivity index (χ3v) is 8.72. The first-order valence-corrected chi connectivity index (χ1v) is 14.7. The third kappa shape index (κ3) is 6.02. The van der Waals surface area contributed by atoms with E-state index in [1.165, 1.54) is 35.0 Å². The van der Waals surface area contributed by atoms with Gasteiger partial charge in [-0.2, -0.15) is 8.42 Å². The zero-order valence-electron chi connectivity index (χ0n) is 19.8. The van der Waals surface area contributed by atoms with E-state index in [1.807, 2.05) is 23.6 Å². The third-order valence-electron chi connectivity index (χ3n) is 7.07. The summed E-state index contributed by atoms with van der Waals surface area (Å²) in [6.07, 6.45) is 5.96. The average molecular weight is 563 g/mol. The van der Waals surface area contributed by atoms with Gasteiger partial charge in [-0.3, -0.25) is 8.98 Å². The largest absolute Gasteiger partial charge is 0.393 e. The van der Waals surface area contributed by atoms with Crippen molar-refractivity contribution >= 4 is 44.8 Å². The molecule has 2 aromatic heterocycles. The molecule has 0 bridgehead atoms. The predicted molar refractivity (Wildman–Crippen MR) is 141 cm³/mol. The molecule has 5 rings (SSSR count). The van der Waals surface area contributed by atoms with Crippen LogP contribution in [0.5, 0.6) is 0 Å². The van der Waals surface area contributed by atoms with Crippen LogP contribution in [0.2, 0.25) is 5.02 Å². The summed E-state index contributed by atoms with van der Waals surface area (Å²) in [5, 5.41) is 21.2. The number of aromatic nitrogens is 2. The first-order valence-electron chi connectivity index (χ1n) is 12.0. The summed E-state index contributed by atoms with van der Waals surface area (Å²) in [5.74, 6) is -0.0334. The number of anilines is 1. The lowest BCUT2D eigenvalue weighted by atomic mass is 9.80. The first-order chi connectivity index (χ1) is 17.7. The van der Waals surface area contributed by atoms with Crippen LogP contribution in [0.25, 0.3) is 0 Å². The number of carbonyl (C=O) groups excluding carboxylic acids is 1. The van der Waals surface area contributed by atoms with E-state index in [4.69, 9.17) is 16.7 Å². The molecule has 196 valence electrons. The highest BCUT2D eigenvalue weighted by Crippen LogP contribution is 2.40. The van der Waals surface area contributed by atoms with E-state index in [1.54, 1.807) is 0 Å². The summed E-state index contributed by atoms with van der Waals surface area (Å²) in [6.45, 7) is -0.207. The Balaban J connectivity index is 1.32. The minimum absolute atomic E-state index is 0.186. The molecule has 0 radical (unpaired) electrons. The Kier molecular flexibility index (Phi) is 7.62. The maximum atomic E-state index is 13.5. The molecular formula is C25H27ClN4O5S2. The molecule has 3 aromatic rings. The van der Waals surface area contributed by atoms with Gasteiger partial charge in [-0.25, -0.2) is 15.1 Å². The van der Waals surface area contributed by atoms with Crippen LogP contribution in [-0.4, -0.2) is 48.0 Å². The Morgan fingerprint density at radius 1 is 1.30 bits per heavy atom. The van der Waals surface area contributed by atoms with Crippen LogP contribution >= 0.6 is 22.9 Å². The van der Waals surface area contributed by atoms with E-state index in [2.05, 4.69) is 25.5 Å². The summed E-state index contributed by atoms with van der Waals surface area (Å²) < 4.78 is 26.9. The molecule has 0 amide bonds. The van der Waals surface area contributed by atoms with Crippen molar-refractivity contribution in [3.8, 4) is 0 Å². The second kappa shape index (κ2) is 10.8. The first kappa shape index (κ1) is 26.2. The summed E-state index contributed by atoms with van der Waals surface area (Å²) in [5.41, 5.74) is 3.96. The predicted octanol–water partition coefficient (Wildman–Crippen LogP) is 3.66. The van der Waals surface area contributed by atoms with Crippen molar-refractivity contribution in [3.63, 3.8) is 0 Å². The lowest BCUT2D eigenvalue weighted by Crippen LogP contribution is -2.24. The van der Waals surface area contributed by atoms with Crippen LogP contribution in [-0.2, 0) is 20.9 Å². The van der Waals surface area contributed by atoms with Crippen LogP contribution in [0.1, 0.15) is 63.5 Å². The van der Waals surface area contributed by atoms with Gasteiger partial charge in [0.15, 0.2) is 0 Å². The zero-order valence-corrected chi connectivity index (χ0v) is 22.2. The molecule has 4 atom stereocenters. The number of hydrogen-bond donors (Lipinski definition) is 3. The number of fused-ring (bicyclic) bond motifs is 1. The number of nitrogens with zero attached hydrogens (tertiary/aromatic N) is 2. The van der Waals surface area contributed by atoms with Crippen LogP contribution < -0.4 is 10.5 Å². The number of nitrogens with one attached hydrogen (secondary N) is 1. The van der Waals surface area contributed by atoms with Crippen LogP contribution in [0.15, 0.2) is 42.2 Å². The van der Waals surface area contributed by atoms with E-state index in [0.29, 0.717) is 34.1 Å². The van der Waals surface area contributed by atoms with Gasteiger partial charge in [0, 0.05) is 29.1 Å². The summed E-state index contributed by atoms with van der Waals surface area (Å²) in [6, 6.07) is 7.77. The van der Waals surface area contributed by atoms with Crippen molar-refractivity contribution in [3.05, 3.63) is 74.3 Å². The normalized spacial score (nSPS) is 23.5. The van der Waals surface area contributed by atoms with Crippen LogP contribution in [0.4, 0.5) is 5.82 Å². The minimum Gasteiger partial charge on any atom is -0.393 e. The number of halogens is 1. The zero-order chi connectivity index (χ0) is 26.2. The molecule has 1 fully saturated rings. The highest BCUT2D eigenvalue weighted by atomic mass is 35.5. The molecule has 9 nitrogen and oxygen atoms in total. The van der Waals surface area contributed by atoms with Gasteiger partial charge in [0.1, 0.15) is 12.1 Å². The molecule has 1 aromatic carbocycles. The lowest BCUT2D eigenvalue weighted by Gasteiger charge is -2.25. The number of aliphatic hydroxyl groups excluding tert-OH is 1. The molecule has 1 saturated carbocycles. The summed E-state index contributed by atoms with van der Waals surface area (Å²) >= 11 is 7.68. The molecule has 37 heavy (non-hydrogen) atoms. The average Bonchev–Trinajstić information content (AvgIpc) is 3.48. The number of rotatable bonds is 8. The number of ketones is 1. The van der Waals surface area contributed by atoms with Gasteiger partial charge < -0.3 is 10.4 Å². The van der Waals surface area contributed by atoms with Crippen molar-refractivity contribution in [2.45, 2.75) is 50.2 Å². The molecular weight excluding hydrogens is 536 g/mol. The fraction of sp³-hybridized carbons (Fsp3) is 0.400. The number of carbonyl (C=O) groups is 1. The standard InChI is InChI=1S/C25H27ClN4O5S2/c26-17-5-4-14-2-1-3-19(20(14)8-17)16-7-23(36-12-16)24(32)21-10-28-13-29-25(21)30-18-6-15(22(31)9-18)11-35-37(27,33)34/h4-5,7-8,10,12-13,15,18-19,22,31H,1-3,6,9,11H2,(H2,27,33,34)(H,28,29,30)/t15-,18-,19-,22+/m1/s1. The quantitative estimate of drug-likeness (QED) is 0.353. The highest BCUT2D eigenvalue weighted by Gasteiger charge is 2.35. The fourth-order valence-corrected chi connectivity index (χ4v) is 6.75. The molecule has 2 heterocycles. The van der Waals surface area contributed by atoms with Crippen molar-refractivity contribution in [2.24, 2.45) is 11.1 Å². The highest BCUT2D eigenvalue weighted by molar-refractivity contribution is 7.84. The van der Waals surface area contributed by atoms with Gasteiger partial charge in [-0.15, -0.1) is 11.3 Å². The maximum Gasteiger partial charge on any atom is 0.333 e. The van der Waals surface area contributed by atoms with E-state index in [0.717, 1.165) is 24.8 Å². The van der Waals surface area contributed by atoms with Crippen molar-refractivity contribution in [2.75, 3.05) is 11.9 Å². The van der Waals surface area contributed by atoms with Gasteiger partial charge in [0.2, 0.25) is 5.78 Å². The number of benzene rings is 1. The molecule has 0 saturated heterocycles. The number of nitrogens with two attached hydrogens (primary N) is 1. The number of aliphatic hydroxyl groups is 1. The molecule has 12 heteroatoms. The van der Waals surface area contributed by atoms with Crippen molar-refractivity contribution in [1.82, 2.24) is 9.97 Å². The molecule has 2 aliphatic rings. The second-order valence-electron chi connectivity index (χ2n) is 9.56. The van der Waals surface area contributed by atoms with Crippen molar-refractivity contribution in [1.29, 1.82) is 0 Å². The topological polar surface area (TPSA) is 144 Å². The summed E-state index contributed by atoms with van der Waals surface area (Å²) in [7, 11) is -4.09. The molecule has 2 aliphatic carbocycles. The molecule has 0 unspecified atom stereocenters. The lowest BCUT2D eigenvalue weighted by molar-refractivity contribution is 0.101. The van der Waals surface area contributed by atoms with E-state index >= 15 is 0 Å². The van der Waals surface area contributed by atoms with Crippen molar-refractivity contribution < 1.29 is 22.5 Å². The van der Waals surface area contributed by atoms with E-state index < -0.39 is 22.3 Å². The van der Waals surface area contributed by atoms with E-state index in [-0.39, 0.29) is 24.3 Å². The molecule has 4 N–H and O–H groups in total. The van der Waals surface area contributed by atoms with Crippen LogP contribution in [0, 0.1) is 5.92 Å². The summed E-state index contributed by atoms with van der Waals surface area (Å²) in [4.78, 5) is 22.4. The Hall–Kier alpha value is -2.41. The molecule has 0 aliphatic heterocycles. The van der Waals surface area contributed by atoms with Gasteiger partial charge in [-0.05, 0) is 72.4 Å². The van der Waals surface area contributed by atoms with Gasteiger partial charge in [0.25, 0.3) is 0 Å². The maximum absolute atomic E-state index is 13.5. The second-order valence-corrected chi connectivity index (χ2v) is 12.1. The SMILES string of the molecule is NS(=O)(=O)OC[C@H]1C[C@@H](Nc2ncncc2C(=O)c2cc([C@H]3CCCc4ccc(Cl)cc43)cs2)C[C@@H]1O. The molecule has 0 spiro atoms. The van der Waals surface area contributed by atoms with E-state index in [9.17, 15) is 18.3 Å². The number of aryl methyl sites for hydroxylation is 1. The minimum atomic E-state index is -4.09. The fourth-order valence-electron chi connectivity index (χ4n) is 5.29. The Morgan fingerprint density at radius 3 is 2.95 bits per heavy atom. The smallest absolute Gasteiger partial charge is 0.333 e. The Morgan fingerprint density at radius 2 is 2.14 bits per heavy atom. The Bertz CT molecular complexity index is 1410.